The van der Waals surface area contributed by atoms with Crippen molar-refractivity contribution in [3.05, 3.63) is 0 Å². The highest BCUT2D eigenvalue weighted by Crippen LogP contribution is 2.49. The fourth-order valence-corrected chi connectivity index (χ4v) is 8.41. The van der Waals surface area contributed by atoms with Crippen molar-refractivity contribution in [2.45, 2.75) is 68.7 Å². The Morgan fingerprint density at radius 2 is 1.80 bits per heavy atom. The van der Waals surface area contributed by atoms with Crippen LogP contribution >= 0.6 is 11.8 Å². The molecule has 6 nitrogen and oxygen atoms in total. The fourth-order valence-electron chi connectivity index (χ4n) is 6.89. The highest BCUT2D eigenvalue weighted by Gasteiger charge is 2.59. The topological polar surface area (TPSA) is 60.0 Å². The van der Waals surface area contributed by atoms with Crippen LogP contribution < -0.4 is 10.6 Å². The molecule has 168 valence electrons. The van der Waals surface area contributed by atoms with Gasteiger partial charge in [-0.1, -0.05) is 31.0 Å². The summed E-state index contributed by atoms with van der Waals surface area (Å²) in [6, 6.07) is 0.771. The molecule has 1 saturated carbocycles. The van der Waals surface area contributed by atoms with Crippen molar-refractivity contribution in [3.63, 3.8) is 0 Å². The lowest BCUT2D eigenvalue weighted by Gasteiger charge is -2.48. The Bertz CT molecular complexity index is 679. The van der Waals surface area contributed by atoms with Crippen molar-refractivity contribution in [2.75, 3.05) is 46.8 Å². The Hall–Kier alpha value is -0.790. The van der Waals surface area contributed by atoms with Gasteiger partial charge in [-0.3, -0.25) is 9.79 Å². The monoisotopic (exact) mass is 433 g/mol. The molecule has 4 fully saturated rings. The lowest BCUT2D eigenvalue weighted by atomic mass is 9.69. The summed E-state index contributed by atoms with van der Waals surface area (Å²) in [6.45, 7) is 4.60. The predicted octanol–water partition coefficient (Wildman–Crippen LogP) is 2.16. The van der Waals surface area contributed by atoms with Gasteiger partial charge in [-0.25, -0.2) is 0 Å². The average molecular weight is 434 g/mol. The third-order valence-electron chi connectivity index (χ3n) is 8.44. The molecule has 2 N–H and O–H groups in total. The molecular formula is C23H39N5OS. The number of carbonyl (C=O) groups is 1. The van der Waals surface area contributed by atoms with E-state index in [4.69, 9.17) is 4.99 Å². The molecule has 0 aromatic carbocycles. The third kappa shape index (κ3) is 3.58. The highest BCUT2D eigenvalue weighted by molar-refractivity contribution is 8.14. The van der Waals surface area contributed by atoms with Gasteiger partial charge in [0.05, 0.1) is 12.0 Å². The second-order valence-electron chi connectivity index (χ2n) is 10.5. The second-order valence-corrected chi connectivity index (χ2v) is 11.6. The van der Waals surface area contributed by atoms with E-state index in [0.717, 1.165) is 43.8 Å². The lowest BCUT2D eigenvalue weighted by Crippen LogP contribution is -2.62. The molecule has 3 unspecified atom stereocenters. The Morgan fingerprint density at radius 3 is 2.57 bits per heavy atom. The van der Waals surface area contributed by atoms with Crippen molar-refractivity contribution < 1.29 is 4.79 Å². The van der Waals surface area contributed by atoms with E-state index >= 15 is 0 Å². The highest BCUT2D eigenvalue weighted by atomic mass is 32.2. The van der Waals surface area contributed by atoms with Crippen LogP contribution in [0.3, 0.4) is 0 Å². The van der Waals surface area contributed by atoms with Crippen LogP contribution in [0.25, 0.3) is 0 Å². The molecule has 0 radical (unpaired) electrons. The minimum atomic E-state index is -0.0273. The molecule has 30 heavy (non-hydrogen) atoms. The van der Waals surface area contributed by atoms with E-state index in [-0.39, 0.29) is 17.4 Å². The number of aliphatic imine (C=N–C) groups is 1. The number of nitrogens with one attached hydrogen (secondary N) is 2. The quantitative estimate of drug-likeness (QED) is 0.699. The number of thioether (sulfide) groups is 1. The minimum Gasteiger partial charge on any atom is -0.358 e. The number of carbonyl (C=O) groups excluding carboxylic acids is 1. The number of likely N-dealkylation sites (tertiary alicyclic amines) is 1. The summed E-state index contributed by atoms with van der Waals surface area (Å²) in [7, 11) is 4.17. The maximum atomic E-state index is 14.1. The van der Waals surface area contributed by atoms with Crippen molar-refractivity contribution >= 4 is 22.8 Å². The number of amides is 1. The predicted molar refractivity (Wildman–Crippen MR) is 124 cm³/mol. The first kappa shape index (κ1) is 21.1. The Labute approximate surface area is 186 Å². The molecule has 0 aromatic rings. The molecule has 5 aliphatic rings. The second kappa shape index (κ2) is 8.62. The molecule has 5 rings (SSSR count). The number of nitrogens with zero attached hydrogens (tertiary/aromatic N) is 3. The van der Waals surface area contributed by atoms with Crippen LogP contribution in [0.5, 0.6) is 0 Å². The fraction of sp³-hybridized carbons (Fsp3) is 0.913. The van der Waals surface area contributed by atoms with Crippen molar-refractivity contribution in [1.29, 1.82) is 0 Å². The van der Waals surface area contributed by atoms with Crippen LogP contribution in [-0.4, -0.2) is 85.0 Å². The third-order valence-corrected chi connectivity index (χ3v) is 10.2. The summed E-state index contributed by atoms with van der Waals surface area (Å²) in [6.07, 6.45) is 10.4. The zero-order valence-corrected chi connectivity index (χ0v) is 19.6. The van der Waals surface area contributed by atoms with E-state index in [0.29, 0.717) is 17.2 Å². The van der Waals surface area contributed by atoms with E-state index in [1.807, 2.05) is 11.8 Å². The van der Waals surface area contributed by atoms with E-state index in [9.17, 15) is 4.79 Å². The molecule has 4 heterocycles. The Morgan fingerprint density at radius 1 is 1.07 bits per heavy atom. The Balaban J connectivity index is 1.38. The van der Waals surface area contributed by atoms with Crippen LogP contribution in [0, 0.1) is 17.3 Å². The van der Waals surface area contributed by atoms with E-state index < -0.39 is 0 Å². The molecule has 0 bridgehead atoms. The summed E-state index contributed by atoms with van der Waals surface area (Å²) >= 11 is 1.92. The van der Waals surface area contributed by atoms with E-state index in [1.54, 1.807) is 0 Å². The van der Waals surface area contributed by atoms with Crippen molar-refractivity contribution in [1.82, 2.24) is 20.4 Å². The molecule has 1 amide bonds. The van der Waals surface area contributed by atoms with Gasteiger partial charge in [0.1, 0.15) is 0 Å². The number of piperidine rings is 2. The molecule has 3 saturated heterocycles. The van der Waals surface area contributed by atoms with Crippen LogP contribution in [0.2, 0.25) is 0 Å². The van der Waals surface area contributed by atoms with Crippen molar-refractivity contribution in [2.24, 2.45) is 22.2 Å². The average Bonchev–Trinajstić information content (AvgIpc) is 3.40. The van der Waals surface area contributed by atoms with Gasteiger partial charge in [0.25, 0.3) is 0 Å². The Kier molecular flexibility index (Phi) is 6.06. The van der Waals surface area contributed by atoms with E-state index in [2.05, 4.69) is 34.5 Å². The SMILES string of the molecule is CN(C)C1=NC2CNC[C@]3(CNC[C@H]3C(=O)N3CCCCC3C3CCCCC3)C2S1. The summed E-state index contributed by atoms with van der Waals surface area (Å²) in [4.78, 5) is 23.6. The normalized spacial score (nSPS) is 39.8. The number of fused-ring (bicyclic) bond motifs is 2. The van der Waals surface area contributed by atoms with Crippen LogP contribution in [0.15, 0.2) is 4.99 Å². The van der Waals surface area contributed by atoms with Gasteiger partial charge in [0.15, 0.2) is 5.17 Å². The maximum Gasteiger partial charge on any atom is 0.227 e. The molecule has 5 atom stereocenters. The molecule has 7 heteroatoms. The number of amidine groups is 1. The van der Waals surface area contributed by atoms with Crippen LogP contribution in [-0.2, 0) is 4.79 Å². The van der Waals surface area contributed by atoms with Crippen LogP contribution in [0.4, 0.5) is 0 Å². The van der Waals surface area contributed by atoms with Gasteiger partial charge >= 0.3 is 0 Å². The number of hydrogen-bond acceptors (Lipinski definition) is 6. The van der Waals surface area contributed by atoms with Gasteiger partial charge in [-0.15, -0.1) is 0 Å². The van der Waals surface area contributed by atoms with Crippen LogP contribution in [0.1, 0.15) is 51.4 Å². The molecule has 1 aliphatic carbocycles. The largest absolute Gasteiger partial charge is 0.358 e. The first-order chi connectivity index (χ1) is 14.6. The van der Waals surface area contributed by atoms with Crippen molar-refractivity contribution in [3.8, 4) is 0 Å². The minimum absolute atomic E-state index is 0.0273. The molecular weight excluding hydrogens is 394 g/mol. The summed E-state index contributed by atoms with van der Waals surface area (Å²) < 4.78 is 0. The smallest absolute Gasteiger partial charge is 0.227 e. The van der Waals surface area contributed by atoms with Gasteiger partial charge < -0.3 is 20.4 Å². The van der Waals surface area contributed by atoms with Gasteiger partial charge in [-0.05, 0) is 38.0 Å². The summed E-state index contributed by atoms with van der Waals surface area (Å²) in [5.41, 5.74) is -0.0273. The molecule has 1 spiro atoms. The summed E-state index contributed by atoms with van der Waals surface area (Å²) in [5.74, 6) is 1.25. The number of rotatable bonds is 2. The molecule has 0 aromatic heterocycles. The van der Waals surface area contributed by atoms with Gasteiger partial charge in [0, 0.05) is 63.5 Å². The standard InChI is InChI=1S/C23H39N5OS/c1-27(2)22-26-18-13-25-15-23(20(18)30-22)14-24-12-17(23)21(29)28-11-7-6-10-19(28)16-8-4-3-5-9-16/h16-20,24-25H,3-15H2,1-2H3/t17-,18?,19?,20?,23-/m0/s1. The van der Waals surface area contributed by atoms with Gasteiger partial charge in [-0.2, -0.15) is 0 Å². The first-order valence-corrected chi connectivity index (χ1v) is 13.1. The lowest BCUT2D eigenvalue weighted by molar-refractivity contribution is -0.144. The molecule has 4 aliphatic heterocycles. The van der Waals surface area contributed by atoms with E-state index in [1.165, 1.54) is 51.4 Å². The van der Waals surface area contributed by atoms with Gasteiger partial charge in [0.2, 0.25) is 5.91 Å². The number of hydrogen-bond donors (Lipinski definition) is 2. The maximum absolute atomic E-state index is 14.1. The zero-order chi connectivity index (χ0) is 20.7. The first-order valence-electron chi connectivity index (χ1n) is 12.2. The summed E-state index contributed by atoms with van der Waals surface area (Å²) in [5, 5.41) is 8.83. The zero-order valence-electron chi connectivity index (χ0n) is 18.7.